The van der Waals surface area contributed by atoms with Crippen LogP contribution in [0.2, 0.25) is 0 Å². The molecule has 3 N–H and O–H groups in total. The minimum Gasteiger partial charge on any atom is -0.494 e. The minimum atomic E-state index is -0.794. The SMILES string of the molecule is Cc1ncsc1-c1ccc(CNC(=O)C2CCCN2C(=O)[C@@H](NC(=O)CCCOc2ccc(-c3cnc4[nH]cc(C(=O)c5ccccc5)c4c3)cc2)C(C)(C)C)cc1. The molecular weight excluding hydrogens is 749 g/mol. The lowest BCUT2D eigenvalue weighted by Gasteiger charge is -2.35. The fourth-order valence-electron chi connectivity index (χ4n) is 7.27. The Morgan fingerprint density at radius 3 is 2.40 bits per heavy atom. The molecule has 1 unspecified atom stereocenters. The van der Waals surface area contributed by atoms with Gasteiger partial charge in [0.25, 0.3) is 0 Å². The lowest BCUT2D eigenvalue weighted by molar-refractivity contribution is -0.144. The molecule has 3 amide bonds. The Morgan fingerprint density at radius 2 is 1.69 bits per heavy atom. The second-order valence-electron chi connectivity index (χ2n) is 15.7. The van der Waals surface area contributed by atoms with Gasteiger partial charge in [0, 0.05) is 54.0 Å². The first-order valence-electron chi connectivity index (χ1n) is 19.6. The molecule has 1 aliphatic heterocycles. The van der Waals surface area contributed by atoms with Gasteiger partial charge in [-0.1, -0.05) is 87.5 Å². The Bertz CT molecular complexity index is 2400. The summed E-state index contributed by atoms with van der Waals surface area (Å²) in [5, 5.41) is 6.75. The fourth-order valence-corrected chi connectivity index (χ4v) is 8.08. The summed E-state index contributed by atoms with van der Waals surface area (Å²) in [6.45, 7) is 8.86. The number of H-pyrrole nitrogens is 1. The Kier molecular flexibility index (Phi) is 12.1. The van der Waals surface area contributed by atoms with Crippen molar-refractivity contribution >= 4 is 45.9 Å². The molecule has 0 bridgehead atoms. The molecule has 0 radical (unpaired) electrons. The standard InChI is InChI=1S/C46H48N6O5S/c1-29-41(58-28-50-29)33-16-14-30(15-17-33)25-49-44(55)38-12-8-22-52(38)45(56)42(46(2,3)4)51-39(53)13-9-23-57-35-20-18-31(19-21-35)34-24-36-37(27-48-43(36)47-26-34)40(54)32-10-6-5-7-11-32/h5-7,10-11,14-21,24,26-28,38,42H,8-9,12-13,22-23,25H2,1-4H3,(H,47,48)(H,49,55)(H,51,53)/t38?,42-/m1/s1. The van der Waals surface area contributed by atoms with E-state index in [1.165, 1.54) is 0 Å². The van der Waals surface area contributed by atoms with Crippen molar-refractivity contribution in [1.82, 2.24) is 30.5 Å². The summed E-state index contributed by atoms with van der Waals surface area (Å²) in [6.07, 6.45) is 5.38. The third-order valence-electron chi connectivity index (χ3n) is 10.5. The smallest absolute Gasteiger partial charge is 0.246 e. The van der Waals surface area contributed by atoms with Crippen LogP contribution >= 0.6 is 11.3 Å². The molecule has 7 rings (SSSR count). The maximum Gasteiger partial charge on any atom is 0.246 e. The maximum absolute atomic E-state index is 14.0. The molecule has 2 atom stereocenters. The number of carbonyl (C=O) groups is 4. The number of ketones is 1. The quantitative estimate of drug-likeness (QED) is 0.0751. The third kappa shape index (κ3) is 9.18. The first-order valence-corrected chi connectivity index (χ1v) is 20.5. The number of aromatic nitrogens is 3. The number of pyridine rings is 1. The molecule has 1 fully saturated rings. The van der Waals surface area contributed by atoms with Crippen molar-refractivity contribution in [3.63, 3.8) is 0 Å². The summed E-state index contributed by atoms with van der Waals surface area (Å²) < 4.78 is 5.96. The Labute approximate surface area is 342 Å². The van der Waals surface area contributed by atoms with Crippen LogP contribution in [0.3, 0.4) is 0 Å². The Balaban J connectivity index is 0.890. The van der Waals surface area contributed by atoms with Gasteiger partial charge in [-0.25, -0.2) is 9.97 Å². The van der Waals surface area contributed by atoms with E-state index >= 15 is 0 Å². The Morgan fingerprint density at radius 1 is 0.948 bits per heavy atom. The van der Waals surface area contributed by atoms with Gasteiger partial charge in [0.15, 0.2) is 5.78 Å². The number of likely N-dealkylation sites (tertiary alicyclic amines) is 1. The average molecular weight is 797 g/mol. The van der Waals surface area contributed by atoms with Gasteiger partial charge in [0.2, 0.25) is 17.7 Å². The number of hydrogen-bond acceptors (Lipinski definition) is 8. The number of aryl methyl sites for hydroxylation is 1. The van der Waals surface area contributed by atoms with Crippen LogP contribution in [-0.4, -0.2) is 68.6 Å². The lowest BCUT2D eigenvalue weighted by Crippen LogP contribution is -2.57. The summed E-state index contributed by atoms with van der Waals surface area (Å²) in [7, 11) is 0. The highest BCUT2D eigenvalue weighted by atomic mass is 32.1. The molecule has 3 aromatic heterocycles. The number of fused-ring (bicyclic) bond motifs is 1. The number of thiazole rings is 1. The highest BCUT2D eigenvalue weighted by molar-refractivity contribution is 7.13. The first kappa shape index (κ1) is 40.1. The molecule has 0 saturated carbocycles. The van der Waals surface area contributed by atoms with E-state index in [1.54, 1.807) is 40.8 Å². The van der Waals surface area contributed by atoms with Crippen molar-refractivity contribution < 1.29 is 23.9 Å². The Hall–Kier alpha value is -6.14. The van der Waals surface area contributed by atoms with Gasteiger partial charge in [-0.2, -0.15) is 0 Å². The number of rotatable bonds is 14. The summed E-state index contributed by atoms with van der Waals surface area (Å²) in [5.41, 5.74) is 7.92. The summed E-state index contributed by atoms with van der Waals surface area (Å²) >= 11 is 1.60. The van der Waals surface area contributed by atoms with E-state index in [0.29, 0.717) is 61.5 Å². The van der Waals surface area contributed by atoms with Gasteiger partial charge in [-0.05, 0) is 66.5 Å². The van der Waals surface area contributed by atoms with E-state index in [-0.39, 0.29) is 29.9 Å². The van der Waals surface area contributed by atoms with E-state index in [9.17, 15) is 19.2 Å². The average Bonchev–Trinajstić information content (AvgIpc) is 4.01. The van der Waals surface area contributed by atoms with Crippen LogP contribution in [0.1, 0.15) is 73.6 Å². The van der Waals surface area contributed by atoms with E-state index in [1.807, 2.05) is 106 Å². The number of nitrogens with one attached hydrogen (secondary N) is 3. The molecule has 1 saturated heterocycles. The second kappa shape index (κ2) is 17.6. The zero-order valence-electron chi connectivity index (χ0n) is 33.2. The molecule has 11 nitrogen and oxygen atoms in total. The predicted octanol–water partition coefficient (Wildman–Crippen LogP) is 7.89. The molecule has 1 aliphatic rings. The minimum absolute atomic E-state index is 0.0686. The number of nitrogens with zero attached hydrogens (tertiary/aromatic N) is 3. The van der Waals surface area contributed by atoms with Gasteiger partial charge < -0.3 is 25.3 Å². The molecule has 0 spiro atoms. The van der Waals surface area contributed by atoms with Gasteiger partial charge in [-0.3, -0.25) is 19.2 Å². The van der Waals surface area contributed by atoms with Gasteiger partial charge in [0.1, 0.15) is 23.5 Å². The van der Waals surface area contributed by atoms with E-state index in [2.05, 4.69) is 25.6 Å². The highest BCUT2D eigenvalue weighted by Gasteiger charge is 2.41. The zero-order valence-corrected chi connectivity index (χ0v) is 34.0. The zero-order chi connectivity index (χ0) is 40.8. The molecular formula is C46H48N6O5S. The number of benzene rings is 3. The van der Waals surface area contributed by atoms with Crippen molar-refractivity contribution in [2.45, 2.75) is 72.0 Å². The summed E-state index contributed by atoms with van der Waals surface area (Å²) in [6, 6.07) is 25.4. The van der Waals surface area contributed by atoms with Crippen LogP contribution in [0, 0.1) is 12.3 Å². The number of ether oxygens (including phenoxy) is 1. The molecule has 6 aromatic rings. The van der Waals surface area contributed by atoms with Crippen LogP contribution in [0.25, 0.3) is 32.6 Å². The van der Waals surface area contributed by atoms with Crippen molar-refractivity contribution in [3.8, 4) is 27.3 Å². The normalized spacial score (nSPS) is 14.6. The topological polar surface area (TPSA) is 146 Å². The van der Waals surface area contributed by atoms with Crippen molar-refractivity contribution in [3.05, 3.63) is 125 Å². The van der Waals surface area contributed by atoms with Gasteiger partial charge in [-0.15, -0.1) is 11.3 Å². The largest absolute Gasteiger partial charge is 0.494 e. The first-order chi connectivity index (χ1) is 28.0. The number of hydrogen-bond donors (Lipinski definition) is 3. The van der Waals surface area contributed by atoms with Crippen LogP contribution < -0.4 is 15.4 Å². The predicted molar refractivity (Wildman–Crippen MR) is 226 cm³/mol. The van der Waals surface area contributed by atoms with Crippen LogP contribution in [-0.2, 0) is 20.9 Å². The summed E-state index contributed by atoms with van der Waals surface area (Å²) in [4.78, 5) is 68.5. The molecule has 0 aliphatic carbocycles. The molecule has 3 aromatic carbocycles. The number of carbonyl (C=O) groups excluding carboxylic acids is 4. The fraction of sp³-hybridized carbons (Fsp3) is 0.304. The van der Waals surface area contributed by atoms with Gasteiger partial charge >= 0.3 is 0 Å². The monoisotopic (exact) mass is 796 g/mol. The second-order valence-corrected chi connectivity index (χ2v) is 16.6. The molecule has 58 heavy (non-hydrogen) atoms. The van der Waals surface area contributed by atoms with Gasteiger partial charge in [0.05, 0.1) is 22.7 Å². The van der Waals surface area contributed by atoms with E-state index < -0.39 is 17.5 Å². The lowest BCUT2D eigenvalue weighted by atomic mass is 9.85. The maximum atomic E-state index is 14.0. The van der Waals surface area contributed by atoms with Crippen molar-refractivity contribution in [2.75, 3.05) is 13.2 Å². The molecule has 4 heterocycles. The van der Waals surface area contributed by atoms with Crippen molar-refractivity contribution in [2.24, 2.45) is 5.41 Å². The van der Waals surface area contributed by atoms with Crippen LogP contribution in [0.4, 0.5) is 0 Å². The van der Waals surface area contributed by atoms with Crippen LogP contribution in [0.15, 0.2) is 103 Å². The van der Waals surface area contributed by atoms with Crippen LogP contribution in [0.5, 0.6) is 5.75 Å². The highest BCUT2D eigenvalue weighted by Crippen LogP contribution is 2.30. The number of aromatic amines is 1. The summed E-state index contributed by atoms with van der Waals surface area (Å²) in [5.74, 6) is -0.101. The molecule has 298 valence electrons. The van der Waals surface area contributed by atoms with E-state index in [4.69, 9.17) is 4.74 Å². The van der Waals surface area contributed by atoms with Crippen molar-refractivity contribution in [1.29, 1.82) is 0 Å². The van der Waals surface area contributed by atoms with E-state index in [0.717, 1.165) is 38.2 Å². The molecule has 12 heteroatoms. The third-order valence-corrected chi connectivity index (χ3v) is 11.5. The number of amides is 3.